The molecule has 0 saturated carbocycles. The van der Waals surface area contributed by atoms with Crippen molar-refractivity contribution in [2.75, 3.05) is 13.1 Å². The van der Waals surface area contributed by atoms with Crippen molar-refractivity contribution in [2.24, 2.45) is 0 Å². The minimum Gasteiger partial charge on any atom is -0.508 e. The molecule has 1 fully saturated rings. The highest BCUT2D eigenvalue weighted by molar-refractivity contribution is 5.68. The Morgan fingerprint density at radius 2 is 2.00 bits per heavy atom. The summed E-state index contributed by atoms with van der Waals surface area (Å²) in [5.74, 6) is 0.286. The van der Waals surface area contributed by atoms with Gasteiger partial charge in [-0.1, -0.05) is 12.1 Å². The maximum absolute atomic E-state index is 12.1. The third-order valence-electron chi connectivity index (χ3n) is 4.15. The lowest BCUT2D eigenvalue weighted by Gasteiger charge is -2.40. The third kappa shape index (κ3) is 5.43. The van der Waals surface area contributed by atoms with Crippen molar-refractivity contribution in [1.29, 1.82) is 0 Å². The van der Waals surface area contributed by atoms with Crippen molar-refractivity contribution in [3.8, 4) is 5.75 Å². The van der Waals surface area contributed by atoms with Crippen LogP contribution in [-0.4, -0.2) is 40.3 Å². The van der Waals surface area contributed by atoms with Crippen molar-refractivity contribution >= 4 is 6.09 Å². The number of phenolic OH excluding ortho intramolecular Hbond substituents is 1. The molecular formula is C18H28N2O3. The van der Waals surface area contributed by atoms with Crippen molar-refractivity contribution < 1.29 is 14.6 Å². The summed E-state index contributed by atoms with van der Waals surface area (Å²) >= 11 is 0. The summed E-state index contributed by atoms with van der Waals surface area (Å²) in [7, 11) is 0. The average Bonchev–Trinajstić information content (AvgIpc) is 2.44. The molecule has 1 amide bonds. The summed E-state index contributed by atoms with van der Waals surface area (Å²) in [6.45, 7) is 9.93. The van der Waals surface area contributed by atoms with Crippen LogP contribution in [0.3, 0.4) is 0 Å². The number of rotatable bonds is 3. The van der Waals surface area contributed by atoms with E-state index in [1.807, 2.05) is 32.9 Å². The summed E-state index contributed by atoms with van der Waals surface area (Å²) in [5.41, 5.74) is 0.593. The topological polar surface area (TPSA) is 61.8 Å². The first-order valence-electron chi connectivity index (χ1n) is 8.18. The van der Waals surface area contributed by atoms with E-state index in [0.29, 0.717) is 19.6 Å². The highest BCUT2D eigenvalue weighted by Gasteiger charge is 2.33. The highest BCUT2D eigenvalue weighted by atomic mass is 16.6. The van der Waals surface area contributed by atoms with Gasteiger partial charge in [0.25, 0.3) is 0 Å². The first kappa shape index (κ1) is 17.6. The number of nitrogens with one attached hydrogen (secondary N) is 1. The number of phenols is 1. The lowest BCUT2D eigenvalue weighted by atomic mass is 9.89. The van der Waals surface area contributed by atoms with Gasteiger partial charge >= 0.3 is 6.09 Å². The van der Waals surface area contributed by atoms with E-state index in [-0.39, 0.29) is 17.4 Å². The maximum Gasteiger partial charge on any atom is 0.410 e. The molecule has 0 bridgehead atoms. The van der Waals surface area contributed by atoms with Crippen LogP contribution in [0.2, 0.25) is 0 Å². The van der Waals surface area contributed by atoms with E-state index >= 15 is 0 Å². The van der Waals surface area contributed by atoms with Gasteiger partial charge in [0, 0.05) is 25.2 Å². The van der Waals surface area contributed by atoms with E-state index in [1.54, 1.807) is 17.0 Å². The fourth-order valence-electron chi connectivity index (χ4n) is 2.67. The molecule has 0 spiro atoms. The Kier molecular flexibility index (Phi) is 5.19. The van der Waals surface area contributed by atoms with Crippen LogP contribution in [0, 0.1) is 0 Å². The van der Waals surface area contributed by atoms with E-state index in [1.165, 1.54) is 0 Å². The van der Waals surface area contributed by atoms with E-state index in [4.69, 9.17) is 4.74 Å². The first-order chi connectivity index (χ1) is 10.7. The van der Waals surface area contributed by atoms with E-state index in [0.717, 1.165) is 18.4 Å². The van der Waals surface area contributed by atoms with E-state index < -0.39 is 5.60 Å². The standard InChI is InChI=1S/C18H28N2O3/c1-17(2,3)23-16(22)20-10-8-18(4,9-11-20)19-13-14-6-5-7-15(21)12-14/h5-7,12,19,21H,8-11,13H2,1-4H3. The molecule has 0 aromatic heterocycles. The van der Waals surface area contributed by atoms with Gasteiger partial charge in [0.1, 0.15) is 11.4 Å². The number of hydrogen-bond acceptors (Lipinski definition) is 4. The number of carbonyl (C=O) groups is 1. The predicted molar refractivity (Wildman–Crippen MR) is 90.4 cm³/mol. The summed E-state index contributed by atoms with van der Waals surface area (Å²) < 4.78 is 5.43. The van der Waals surface area contributed by atoms with Crippen LogP contribution in [0.25, 0.3) is 0 Å². The molecule has 1 heterocycles. The molecule has 1 aromatic carbocycles. The SMILES string of the molecule is CC1(NCc2cccc(O)c2)CCN(C(=O)OC(C)(C)C)CC1. The quantitative estimate of drug-likeness (QED) is 0.897. The highest BCUT2D eigenvalue weighted by Crippen LogP contribution is 2.24. The number of piperidine rings is 1. The van der Waals surface area contributed by atoms with Gasteiger partial charge in [-0.3, -0.25) is 0 Å². The average molecular weight is 320 g/mol. The van der Waals surface area contributed by atoms with Crippen LogP contribution < -0.4 is 5.32 Å². The van der Waals surface area contributed by atoms with Crippen molar-refractivity contribution in [3.05, 3.63) is 29.8 Å². The summed E-state index contributed by atoms with van der Waals surface area (Å²) in [5, 5.41) is 13.1. The molecule has 1 saturated heterocycles. The van der Waals surface area contributed by atoms with Crippen LogP contribution in [0.1, 0.15) is 46.1 Å². The van der Waals surface area contributed by atoms with Gasteiger partial charge in [0.15, 0.2) is 0 Å². The monoisotopic (exact) mass is 320 g/mol. The summed E-state index contributed by atoms with van der Waals surface area (Å²) in [4.78, 5) is 13.9. The number of carbonyl (C=O) groups excluding carboxylic acids is 1. The summed E-state index contributed by atoms with van der Waals surface area (Å²) in [6, 6.07) is 7.28. The van der Waals surface area contributed by atoms with Gasteiger partial charge in [0.2, 0.25) is 0 Å². The molecular weight excluding hydrogens is 292 g/mol. The second-order valence-corrected chi connectivity index (χ2v) is 7.55. The molecule has 1 aliphatic rings. The number of aromatic hydroxyl groups is 1. The lowest BCUT2D eigenvalue weighted by molar-refractivity contribution is 0.0156. The van der Waals surface area contributed by atoms with Crippen molar-refractivity contribution in [3.63, 3.8) is 0 Å². The van der Waals surface area contributed by atoms with Gasteiger partial charge in [-0.05, 0) is 58.2 Å². The molecule has 2 rings (SSSR count). The molecule has 5 nitrogen and oxygen atoms in total. The molecule has 2 N–H and O–H groups in total. The zero-order chi connectivity index (χ0) is 17.1. The number of hydrogen-bond donors (Lipinski definition) is 2. The fourth-order valence-corrected chi connectivity index (χ4v) is 2.67. The van der Waals surface area contributed by atoms with Gasteiger partial charge in [-0.25, -0.2) is 4.79 Å². The molecule has 0 aliphatic carbocycles. The van der Waals surface area contributed by atoms with Crippen molar-refractivity contribution in [2.45, 2.75) is 58.2 Å². The number of nitrogens with zero attached hydrogens (tertiary/aromatic N) is 1. The molecule has 5 heteroatoms. The maximum atomic E-state index is 12.1. The Bertz CT molecular complexity index is 543. The molecule has 1 aliphatic heterocycles. The smallest absolute Gasteiger partial charge is 0.410 e. The number of amides is 1. The Hall–Kier alpha value is -1.75. The third-order valence-corrected chi connectivity index (χ3v) is 4.15. The molecule has 128 valence electrons. The second kappa shape index (κ2) is 6.79. The van der Waals surface area contributed by atoms with Crippen LogP contribution in [0.15, 0.2) is 24.3 Å². The Morgan fingerprint density at radius 1 is 1.35 bits per heavy atom. The number of likely N-dealkylation sites (tertiary alicyclic amines) is 1. The van der Waals surface area contributed by atoms with Crippen LogP contribution in [0.5, 0.6) is 5.75 Å². The van der Waals surface area contributed by atoms with Gasteiger partial charge in [0.05, 0.1) is 0 Å². The zero-order valence-electron chi connectivity index (χ0n) is 14.6. The minimum absolute atomic E-state index is 0.00995. The Morgan fingerprint density at radius 3 is 2.57 bits per heavy atom. The van der Waals surface area contributed by atoms with Gasteiger partial charge in [-0.2, -0.15) is 0 Å². The molecule has 23 heavy (non-hydrogen) atoms. The first-order valence-corrected chi connectivity index (χ1v) is 8.18. The zero-order valence-corrected chi connectivity index (χ0v) is 14.6. The van der Waals surface area contributed by atoms with Crippen LogP contribution >= 0.6 is 0 Å². The van der Waals surface area contributed by atoms with E-state index in [9.17, 15) is 9.90 Å². The van der Waals surface area contributed by atoms with Crippen molar-refractivity contribution in [1.82, 2.24) is 10.2 Å². The largest absolute Gasteiger partial charge is 0.508 e. The lowest BCUT2D eigenvalue weighted by Crippen LogP contribution is -2.53. The van der Waals surface area contributed by atoms with E-state index in [2.05, 4.69) is 12.2 Å². The Labute approximate surface area is 138 Å². The fraction of sp³-hybridized carbons (Fsp3) is 0.611. The molecule has 0 atom stereocenters. The second-order valence-electron chi connectivity index (χ2n) is 7.55. The minimum atomic E-state index is -0.453. The normalized spacial score (nSPS) is 17.8. The van der Waals surface area contributed by atoms with Gasteiger partial charge in [-0.15, -0.1) is 0 Å². The van der Waals surface area contributed by atoms with Gasteiger partial charge < -0.3 is 20.1 Å². The van der Waals surface area contributed by atoms with Crippen LogP contribution in [-0.2, 0) is 11.3 Å². The van der Waals surface area contributed by atoms with Crippen LogP contribution in [0.4, 0.5) is 4.79 Å². The molecule has 1 aromatic rings. The number of ether oxygens (including phenoxy) is 1. The molecule has 0 radical (unpaired) electrons. The number of benzene rings is 1. The Balaban J connectivity index is 1.83. The summed E-state index contributed by atoms with van der Waals surface area (Å²) in [6.07, 6.45) is 1.53. The molecule has 0 unspecified atom stereocenters. The predicted octanol–water partition coefficient (Wildman–Crippen LogP) is 3.27.